The molecule has 3 aliphatic rings. The Morgan fingerprint density at radius 1 is 0.333 bits per heavy atom. The van der Waals surface area contributed by atoms with Crippen LogP contribution in [0.4, 0.5) is 44.6 Å². The fourth-order valence-electron chi connectivity index (χ4n) is 15.8. The predicted molar refractivity (Wildman–Crippen MR) is 506 cm³/mol. The van der Waals surface area contributed by atoms with Crippen LogP contribution < -0.4 is 28.9 Å². The van der Waals surface area contributed by atoms with Crippen LogP contribution in [0, 0.1) is 38.2 Å². The zero-order valence-electron chi connectivity index (χ0n) is 77.3. The Kier molecular flexibility index (Phi) is 35.6. The van der Waals surface area contributed by atoms with Crippen molar-refractivity contribution >= 4 is 106 Å². The second-order valence-electron chi connectivity index (χ2n) is 35.2. The summed E-state index contributed by atoms with van der Waals surface area (Å²) in [5, 5.41) is 0. The number of nitrogens with zero attached hydrogens (tertiary/aromatic N) is 9. The van der Waals surface area contributed by atoms with Gasteiger partial charge in [-0.15, -0.1) is 34.8 Å². The third-order valence-corrected chi connectivity index (χ3v) is 22.8. The molecule has 0 N–H and O–H groups in total. The Morgan fingerprint density at radius 3 is 0.758 bits per heavy atom. The number of amides is 9. The number of aryl methyl sites for hydroxylation is 3. The van der Waals surface area contributed by atoms with Gasteiger partial charge < -0.3 is 57.8 Å². The average molecular weight is 1870 g/mol. The molecule has 132 heavy (non-hydrogen) atoms. The highest BCUT2D eigenvalue weighted by Gasteiger charge is 2.45. The van der Waals surface area contributed by atoms with Gasteiger partial charge in [0.2, 0.25) is 17.7 Å². The first-order chi connectivity index (χ1) is 62.7. The maximum Gasteiger partial charge on any atom is 0.410 e. The SMILES string of the molecule is CC[C@@H]1CN(C(=O)[C@@H](c2ccc(F)cc2)N(C(=O)CCl)c2ccc(Oc3ccccc3)cc2C)CCN1C(=O)OC(C)(C)C.CC[C@H]1CN(C(=O)[C@@H](c2ccc(F)cc2)N(C(=O)CCl)c2ccc(Oc3ccccc3)cc2C)CCN1C(=O)OC(C)(C)C.CC[C@H]1CN(C(=O)[C@H](c2ccc(F)cc2)N(C(=O)CCl)c2ccc(Oc3ccccc3)cc2C)CCN1C(=O)OC(C)(C)C. The van der Waals surface area contributed by atoms with Crippen LogP contribution in [0.15, 0.2) is 218 Å². The molecule has 0 aliphatic carbocycles. The van der Waals surface area contributed by atoms with Crippen LogP contribution in [0.5, 0.6) is 34.5 Å². The molecule has 3 saturated heterocycles. The first-order valence-corrected chi connectivity index (χ1v) is 45.6. The zero-order chi connectivity index (χ0) is 96.1. The van der Waals surface area contributed by atoms with Crippen LogP contribution in [0.25, 0.3) is 0 Å². The number of carbonyl (C=O) groups excluding carboxylic acids is 9. The molecule has 9 amide bonds. The number of benzene rings is 9. The Morgan fingerprint density at radius 2 is 0.561 bits per heavy atom. The van der Waals surface area contributed by atoms with Gasteiger partial charge in [0.05, 0.1) is 18.1 Å². The largest absolute Gasteiger partial charge is 0.457 e. The molecule has 0 bridgehead atoms. The van der Waals surface area contributed by atoms with Crippen molar-refractivity contribution in [3.05, 3.63) is 269 Å². The Bertz CT molecular complexity index is 4910. The van der Waals surface area contributed by atoms with Crippen LogP contribution >= 0.6 is 34.8 Å². The monoisotopic (exact) mass is 1870 g/mol. The standard InChI is InChI=1S/3C34H39ClFN3O5/c3*1-6-26-22-37(18-19-38(26)33(42)44-34(3,4)5)32(41)31(24-12-14-25(36)15-13-24)39(30(40)21-35)29-17-16-28(20-23(29)2)43-27-10-8-7-9-11-27/h3*7-17,20,26,31H,6,18-19,21-22H2,1-5H3/t26-,31+;2*26-,31-/m010/s1. The van der Waals surface area contributed by atoms with Crippen molar-refractivity contribution in [2.24, 2.45) is 0 Å². The maximum absolute atomic E-state index is 14.4. The third-order valence-electron chi connectivity index (χ3n) is 22.1. The van der Waals surface area contributed by atoms with Gasteiger partial charge in [-0.1, -0.05) is 112 Å². The lowest BCUT2D eigenvalue weighted by Crippen LogP contribution is -2.59. The molecule has 702 valence electrons. The van der Waals surface area contributed by atoms with Crippen molar-refractivity contribution in [1.82, 2.24) is 29.4 Å². The van der Waals surface area contributed by atoms with Gasteiger partial charge in [-0.2, -0.15) is 0 Å². The average Bonchev–Trinajstić information content (AvgIpc) is 0.778. The number of rotatable bonds is 24. The Balaban J connectivity index is 0.000000205. The smallest absolute Gasteiger partial charge is 0.410 e. The summed E-state index contributed by atoms with van der Waals surface area (Å²) < 4.78 is 76.8. The van der Waals surface area contributed by atoms with Crippen molar-refractivity contribution < 1.29 is 84.7 Å². The molecule has 9 aromatic rings. The summed E-state index contributed by atoms with van der Waals surface area (Å²) in [6, 6.07) is 55.9. The van der Waals surface area contributed by atoms with Crippen LogP contribution in [-0.4, -0.2) is 195 Å². The van der Waals surface area contributed by atoms with Gasteiger partial charge >= 0.3 is 18.3 Å². The molecule has 3 fully saturated rings. The van der Waals surface area contributed by atoms with E-state index in [2.05, 4.69) is 0 Å². The number of piperazine rings is 3. The number of anilines is 3. The van der Waals surface area contributed by atoms with E-state index in [1.165, 1.54) is 87.5 Å². The van der Waals surface area contributed by atoms with E-state index in [4.69, 9.17) is 63.2 Å². The van der Waals surface area contributed by atoms with Gasteiger partial charge in [-0.3, -0.25) is 43.5 Å². The summed E-state index contributed by atoms with van der Waals surface area (Å²) in [4.78, 5) is 137. The number of halogens is 6. The summed E-state index contributed by atoms with van der Waals surface area (Å²) >= 11 is 18.4. The minimum atomic E-state index is -1.13. The summed E-state index contributed by atoms with van der Waals surface area (Å²) in [5.74, 6) is -1.44. The molecule has 3 aliphatic heterocycles. The number of ether oxygens (including phenoxy) is 6. The van der Waals surface area contributed by atoms with Crippen molar-refractivity contribution in [2.75, 3.05) is 91.2 Å². The molecule has 30 heteroatoms. The lowest BCUT2D eigenvalue weighted by molar-refractivity contribution is -0.137. The molecule has 6 atom stereocenters. The number of hydrogen-bond acceptors (Lipinski definition) is 15. The predicted octanol–water partition coefficient (Wildman–Crippen LogP) is 21.3. The lowest BCUT2D eigenvalue weighted by Gasteiger charge is -2.43. The van der Waals surface area contributed by atoms with Crippen molar-refractivity contribution in [2.45, 2.75) is 176 Å². The van der Waals surface area contributed by atoms with Crippen molar-refractivity contribution in [1.29, 1.82) is 0 Å². The van der Waals surface area contributed by atoms with Crippen LogP contribution in [0.1, 0.15) is 154 Å². The fraction of sp³-hybridized carbons (Fsp3) is 0.382. The molecule has 9 aromatic carbocycles. The second kappa shape index (κ2) is 46.2. The fourth-order valence-corrected chi connectivity index (χ4v) is 16.1. The molecular formula is C102H117Cl3F3N9O15. The first-order valence-electron chi connectivity index (χ1n) is 44.0. The topological polar surface area (TPSA) is 238 Å². The molecule has 0 unspecified atom stereocenters. The van der Waals surface area contributed by atoms with Gasteiger partial charge in [0, 0.05) is 76.0 Å². The van der Waals surface area contributed by atoms with Crippen molar-refractivity contribution in [3.63, 3.8) is 0 Å². The van der Waals surface area contributed by atoms with E-state index < -0.39 is 88.4 Å². The van der Waals surface area contributed by atoms with E-state index in [0.29, 0.717) is 104 Å². The van der Waals surface area contributed by atoms with Gasteiger partial charge in [0.1, 0.15) is 105 Å². The highest BCUT2D eigenvalue weighted by Crippen LogP contribution is 2.41. The normalized spacial score (nSPS) is 15.8. The summed E-state index contributed by atoms with van der Waals surface area (Å²) in [6.45, 7) is 29.8. The Labute approximate surface area is 786 Å². The summed E-state index contributed by atoms with van der Waals surface area (Å²) in [5.41, 5.74) is 2.78. The van der Waals surface area contributed by atoms with Gasteiger partial charge in [0.25, 0.3) is 17.7 Å². The molecular weight excluding hydrogens is 1750 g/mol. The van der Waals surface area contributed by atoms with E-state index in [0.717, 1.165) is 0 Å². The molecule has 3 heterocycles. The highest BCUT2D eigenvalue weighted by atomic mass is 35.5. The van der Waals surface area contributed by atoms with E-state index in [1.54, 1.807) is 84.0 Å². The first kappa shape index (κ1) is 102. The number of alkyl halides is 3. The van der Waals surface area contributed by atoms with E-state index in [1.807, 2.05) is 195 Å². The number of para-hydroxylation sites is 3. The van der Waals surface area contributed by atoms with E-state index >= 15 is 0 Å². The highest BCUT2D eigenvalue weighted by molar-refractivity contribution is 6.31. The minimum absolute atomic E-state index is 0.234. The molecule has 12 rings (SSSR count). The van der Waals surface area contributed by atoms with Gasteiger partial charge in [-0.05, 0) is 263 Å². The van der Waals surface area contributed by atoms with E-state index in [-0.39, 0.29) is 112 Å². The number of carbonyl (C=O) groups is 9. The molecule has 24 nitrogen and oxygen atoms in total. The molecule has 0 spiro atoms. The van der Waals surface area contributed by atoms with Gasteiger partial charge in [-0.25, -0.2) is 27.6 Å². The maximum atomic E-state index is 14.4. The third kappa shape index (κ3) is 27.2. The summed E-state index contributed by atoms with van der Waals surface area (Å²) in [7, 11) is 0. The molecule has 0 saturated carbocycles. The number of hydrogen-bond donors (Lipinski definition) is 0. The second-order valence-corrected chi connectivity index (χ2v) is 36.0. The quantitative estimate of drug-likeness (QED) is 0.0404. The van der Waals surface area contributed by atoms with Crippen LogP contribution in [0.3, 0.4) is 0 Å². The van der Waals surface area contributed by atoms with E-state index in [9.17, 15) is 56.3 Å². The minimum Gasteiger partial charge on any atom is -0.457 e. The zero-order valence-corrected chi connectivity index (χ0v) is 79.5. The van der Waals surface area contributed by atoms with Gasteiger partial charge in [0.15, 0.2) is 0 Å². The lowest BCUT2D eigenvalue weighted by atomic mass is 9.99. The Hall–Kier alpha value is -12.3. The molecule has 0 radical (unpaired) electrons. The van der Waals surface area contributed by atoms with Crippen molar-refractivity contribution in [3.8, 4) is 34.5 Å². The molecule has 0 aromatic heterocycles. The van der Waals surface area contributed by atoms with Crippen LogP contribution in [-0.2, 0) is 43.0 Å². The summed E-state index contributed by atoms with van der Waals surface area (Å²) in [6.07, 6.45) is 0.487. The van der Waals surface area contributed by atoms with Crippen LogP contribution in [0.2, 0.25) is 0 Å².